The van der Waals surface area contributed by atoms with E-state index in [0.29, 0.717) is 11.1 Å². The lowest BCUT2D eigenvalue weighted by atomic mass is 10.0. The summed E-state index contributed by atoms with van der Waals surface area (Å²) in [5.74, 6) is -1.15. The number of carboxylic acid groups (broad SMARTS) is 1. The van der Waals surface area contributed by atoms with Crippen LogP contribution >= 0.6 is 0 Å². The van der Waals surface area contributed by atoms with Gasteiger partial charge in [0.25, 0.3) is 5.69 Å². The first kappa shape index (κ1) is 18.9. The highest BCUT2D eigenvalue weighted by atomic mass is 16.6. The minimum atomic E-state index is -1.15. The van der Waals surface area contributed by atoms with Gasteiger partial charge in [-0.1, -0.05) is 42.5 Å². The monoisotopic (exact) mass is 358 g/mol. The van der Waals surface area contributed by atoms with E-state index in [2.05, 4.69) is 5.32 Å². The number of nitro benzene ring substituents is 1. The SMILES string of the molecule is Cc1ccc([C@@H](CC(=O)O)NC(=O)OCc2ccccc2)cc1[N+](=O)[O-]. The maximum Gasteiger partial charge on any atom is 0.407 e. The first-order chi connectivity index (χ1) is 12.4. The Morgan fingerprint density at radius 1 is 1.23 bits per heavy atom. The van der Waals surface area contributed by atoms with Gasteiger partial charge in [0.05, 0.1) is 17.4 Å². The summed E-state index contributed by atoms with van der Waals surface area (Å²) in [5, 5.41) is 22.6. The van der Waals surface area contributed by atoms with Crippen molar-refractivity contribution in [2.75, 3.05) is 0 Å². The van der Waals surface area contributed by atoms with Crippen molar-refractivity contribution in [3.8, 4) is 0 Å². The zero-order chi connectivity index (χ0) is 19.1. The third-order valence-electron chi connectivity index (χ3n) is 3.72. The second kappa shape index (κ2) is 8.61. The molecule has 8 heteroatoms. The van der Waals surface area contributed by atoms with Gasteiger partial charge in [0.1, 0.15) is 6.61 Å². The number of carbonyl (C=O) groups is 2. The molecular weight excluding hydrogens is 340 g/mol. The summed E-state index contributed by atoms with van der Waals surface area (Å²) in [4.78, 5) is 33.6. The van der Waals surface area contributed by atoms with Crippen LogP contribution in [0.2, 0.25) is 0 Å². The van der Waals surface area contributed by atoms with E-state index in [1.807, 2.05) is 6.07 Å². The van der Waals surface area contributed by atoms with Gasteiger partial charge in [-0.15, -0.1) is 0 Å². The van der Waals surface area contributed by atoms with Crippen LogP contribution in [0, 0.1) is 17.0 Å². The second-order valence-electron chi connectivity index (χ2n) is 5.66. The Balaban J connectivity index is 2.12. The van der Waals surface area contributed by atoms with Crippen LogP contribution in [0.5, 0.6) is 0 Å². The van der Waals surface area contributed by atoms with Gasteiger partial charge in [-0.3, -0.25) is 14.9 Å². The van der Waals surface area contributed by atoms with E-state index in [0.717, 1.165) is 5.56 Å². The minimum Gasteiger partial charge on any atom is -0.481 e. The molecular formula is C18H18N2O6. The summed E-state index contributed by atoms with van der Waals surface area (Å²) in [6.07, 6.45) is -1.23. The largest absolute Gasteiger partial charge is 0.481 e. The molecule has 0 unspecified atom stereocenters. The molecule has 0 aliphatic heterocycles. The highest BCUT2D eigenvalue weighted by Gasteiger charge is 2.22. The molecule has 0 aliphatic rings. The van der Waals surface area contributed by atoms with Crippen LogP contribution in [0.3, 0.4) is 0 Å². The van der Waals surface area contributed by atoms with E-state index >= 15 is 0 Å². The van der Waals surface area contributed by atoms with Gasteiger partial charge in [0.15, 0.2) is 0 Å². The molecule has 1 atom stereocenters. The number of benzene rings is 2. The summed E-state index contributed by atoms with van der Waals surface area (Å²) >= 11 is 0. The first-order valence-corrected chi connectivity index (χ1v) is 7.80. The van der Waals surface area contributed by atoms with Gasteiger partial charge in [-0.2, -0.15) is 0 Å². The average Bonchev–Trinajstić information content (AvgIpc) is 2.60. The van der Waals surface area contributed by atoms with Crippen LogP contribution in [-0.4, -0.2) is 22.1 Å². The van der Waals surface area contributed by atoms with Crippen LogP contribution < -0.4 is 5.32 Å². The Morgan fingerprint density at radius 3 is 2.54 bits per heavy atom. The van der Waals surface area contributed by atoms with Crippen LogP contribution in [0.25, 0.3) is 0 Å². The Kier molecular flexibility index (Phi) is 6.26. The van der Waals surface area contributed by atoms with E-state index in [1.54, 1.807) is 37.3 Å². The number of hydrogen-bond donors (Lipinski definition) is 2. The zero-order valence-electron chi connectivity index (χ0n) is 14.0. The third kappa shape index (κ3) is 5.30. The lowest BCUT2D eigenvalue weighted by molar-refractivity contribution is -0.385. The maximum absolute atomic E-state index is 12.0. The van der Waals surface area contributed by atoms with Crippen molar-refractivity contribution in [2.24, 2.45) is 0 Å². The van der Waals surface area contributed by atoms with Gasteiger partial charge < -0.3 is 15.2 Å². The van der Waals surface area contributed by atoms with Gasteiger partial charge in [-0.25, -0.2) is 4.79 Å². The van der Waals surface area contributed by atoms with E-state index in [4.69, 9.17) is 9.84 Å². The molecule has 136 valence electrons. The molecule has 0 aromatic heterocycles. The lowest BCUT2D eigenvalue weighted by Crippen LogP contribution is -2.30. The van der Waals surface area contributed by atoms with Crippen LogP contribution in [0.4, 0.5) is 10.5 Å². The molecule has 0 aliphatic carbocycles. The number of alkyl carbamates (subject to hydrolysis) is 1. The van der Waals surface area contributed by atoms with Gasteiger partial charge in [-0.05, 0) is 18.1 Å². The highest BCUT2D eigenvalue weighted by Crippen LogP contribution is 2.25. The summed E-state index contributed by atoms with van der Waals surface area (Å²) in [6, 6.07) is 12.4. The van der Waals surface area contributed by atoms with E-state index < -0.39 is 29.4 Å². The number of rotatable bonds is 7. The van der Waals surface area contributed by atoms with Crippen molar-refractivity contribution in [3.05, 3.63) is 75.3 Å². The third-order valence-corrected chi connectivity index (χ3v) is 3.72. The molecule has 0 saturated carbocycles. The standard InChI is InChI=1S/C18H18N2O6/c1-12-7-8-14(9-16(12)20(24)25)15(10-17(21)22)19-18(23)26-11-13-5-3-2-4-6-13/h2-9,15H,10-11H2,1H3,(H,19,23)(H,21,22)/t15-/m1/s1. The van der Waals surface area contributed by atoms with Crippen LogP contribution in [0.15, 0.2) is 48.5 Å². The van der Waals surface area contributed by atoms with Gasteiger partial charge in [0, 0.05) is 11.6 Å². The molecule has 0 heterocycles. The number of hydrogen-bond acceptors (Lipinski definition) is 5. The van der Waals surface area contributed by atoms with E-state index in [1.165, 1.54) is 12.1 Å². The number of nitrogens with one attached hydrogen (secondary N) is 1. The molecule has 1 amide bonds. The Bertz CT molecular complexity index is 807. The maximum atomic E-state index is 12.0. The molecule has 2 rings (SSSR count). The fraction of sp³-hybridized carbons (Fsp3) is 0.222. The fourth-order valence-corrected chi connectivity index (χ4v) is 2.37. The quantitative estimate of drug-likeness (QED) is 0.579. The highest BCUT2D eigenvalue weighted by molar-refractivity contribution is 5.72. The molecule has 0 bridgehead atoms. The van der Waals surface area contributed by atoms with Crippen LogP contribution in [0.1, 0.15) is 29.2 Å². The molecule has 0 spiro atoms. The summed E-state index contributed by atoms with van der Waals surface area (Å²) < 4.78 is 5.09. The fourth-order valence-electron chi connectivity index (χ4n) is 2.37. The minimum absolute atomic E-state index is 0.0283. The van der Waals surface area contributed by atoms with Gasteiger partial charge in [0.2, 0.25) is 0 Å². The van der Waals surface area contributed by atoms with E-state index in [9.17, 15) is 19.7 Å². The molecule has 26 heavy (non-hydrogen) atoms. The van der Waals surface area contributed by atoms with Crippen LogP contribution in [-0.2, 0) is 16.1 Å². The Morgan fingerprint density at radius 2 is 1.92 bits per heavy atom. The number of ether oxygens (including phenoxy) is 1. The van der Waals surface area contributed by atoms with Crippen molar-refractivity contribution in [1.82, 2.24) is 5.32 Å². The van der Waals surface area contributed by atoms with Gasteiger partial charge >= 0.3 is 12.1 Å². The van der Waals surface area contributed by atoms with Crippen molar-refractivity contribution >= 4 is 17.7 Å². The molecule has 0 fully saturated rings. The van der Waals surface area contributed by atoms with Crippen molar-refractivity contribution < 1.29 is 24.4 Å². The molecule has 8 nitrogen and oxygen atoms in total. The number of amides is 1. The molecule has 0 radical (unpaired) electrons. The average molecular weight is 358 g/mol. The predicted octanol–water partition coefficient (Wildman–Crippen LogP) is 3.35. The molecule has 2 aromatic carbocycles. The molecule has 2 N–H and O–H groups in total. The Hall–Kier alpha value is -3.42. The number of carbonyl (C=O) groups excluding carboxylic acids is 1. The first-order valence-electron chi connectivity index (χ1n) is 7.80. The smallest absolute Gasteiger partial charge is 0.407 e. The molecule has 0 saturated heterocycles. The topological polar surface area (TPSA) is 119 Å². The van der Waals surface area contributed by atoms with Crippen molar-refractivity contribution in [3.63, 3.8) is 0 Å². The molecule has 2 aromatic rings. The lowest BCUT2D eigenvalue weighted by Gasteiger charge is -2.17. The normalized spacial score (nSPS) is 11.4. The zero-order valence-corrected chi connectivity index (χ0v) is 14.0. The number of carboxylic acids is 1. The predicted molar refractivity (Wildman–Crippen MR) is 92.6 cm³/mol. The Labute approximate surface area is 149 Å². The van der Waals surface area contributed by atoms with Crippen molar-refractivity contribution in [2.45, 2.75) is 26.0 Å². The second-order valence-corrected chi connectivity index (χ2v) is 5.66. The number of nitro groups is 1. The number of aliphatic carboxylic acids is 1. The van der Waals surface area contributed by atoms with Crippen molar-refractivity contribution in [1.29, 1.82) is 0 Å². The summed E-state index contributed by atoms with van der Waals surface area (Å²) in [6.45, 7) is 1.61. The number of aryl methyl sites for hydroxylation is 1. The van der Waals surface area contributed by atoms with E-state index in [-0.39, 0.29) is 12.3 Å². The summed E-state index contributed by atoms with van der Waals surface area (Å²) in [5.41, 5.74) is 1.40. The number of nitrogens with zero attached hydrogens (tertiary/aromatic N) is 1. The summed E-state index contributed by atoms with van der Waals surface area (Å²) in [7, 11) is 0.